The largest absolute Gasteiger partial charge is 0.359 e. The molecule has 0 radical (unpaired) electrons. The molecular formula is C13H27N5O4. The van der Waals surface area contributed by atoms with Gasteiger partial charge in [0.05, 0.1) is 12.5 Å². The van der Waals surface area contributed by atoms with Crippen LogP contribution in [0.3, 0.4) is 0 Å². The van der Waals surface area contributed by atoms with Crippen molar-refractivity contribution in [1.82, 2.24) is 26.6 Å². The minimum atomic E-state index is -0.449. The van der Waals surface area contributed by atoms with Crippen molar-refractivity contribution in [2.24, 2.45) is 0 Å². The van der Waals surface area contributed by atoms with E-state index in [4.69, 9.17) is 0 Å². The van der Waals surface area contributed by atoms with Crippen LogP contribution in [0.5, 0.6) is 0 Å². The topological polar surface area (TPSA) is 128 Å². The summed E-state index contributed by atoms with van der Waals surface area (Å²) in [6.45, 7) is 0. The Morgan fingerprint density at radius 1 is 0.682 bits per heavy atom. The van der Waals surface area contributed by atoms with Crippen LogP contribution in [0.25, 0.3) is 0 Å². The maximum absolute atomic E-state index is 11.0. The zero-order chi connectivity index (χ0) is 17.5. The Bertz CT molecular complexity index is 357. The fourth-order valence-electron chi connectivity index (χ4n) is 1.26. The summed E-state index contributed by atoms with van der Waals surface area (Å²) >= 11 is 0. The lowest BCUT2D eigenvalue weighted by atomic mass is 10.2. The van der Waals surface area contributed by atoms with Gasteiger partial charge in [0.15, 0.2) is 0 Å². The van der Waals surface area contributed by atoms with Crippen LogP contribution in [0.1, 0.15) is 19.3 Å². The predicted molar refractivity (Wildman–Crippen MR) is 83.0 cm³/mol. The Kier molecular flexibility index (Phi) is 13.9. The fourth-order valence-corrected chi connectivity index (χ4v) is 1.26. The number of rotatable bonds is 7. The van der Waals surface area contributed by atoms with Crippen LogP contribution < -0.4 is 26.6 Å². The van der Waals surface area contributed by atoms with Crippen LogP contribution in [0, 0.1) is 0 Å². The Morgan fingerprint density at radius 3 is 1.36 bits per heavy atom. The van der Waals surface area contributed by atoms with E-state index in [1.165, 1.54) is 7.05 Å². The smallest absolute Gasteiger partial charge is 0.237 e. The Balaban J connectivity index is 0. The maximum Gasteiger partial charge on any atom is 0.237 e. The van der Waals surface area contributed by atoms with Crippen molar-refractivity contribution < 1.29 is 19.2 Å². The molecule has 0 fully saturated rings. The summed E-state index contributed by atoms with van der Waals surface area (Å²) in [6.07, 6.45) is 0.680. The minimum absolute atomic E-state index is 0.108. The summed E-state index contributed by atoms with van der Waals surface area (Å²) in [5.41, 5.74) is 0. The summed E-state index contributed by atoms with van der Waals surface area (Å²) in [5.74, 6) is -0.550. The van der Waals surface area contributed by atoms with Crippen LogP contribution in [0.15, 0.2) is 0 Å². The van der Waals surface area contributed by atoms with Gasteiger partial charge in [-0.05, 0) is 7.05 Å². The highest BCUT2D eigenvalue weighted by molar-refractivity contribution is 5.88. The van der Waals surface area contributed by atoms with Crippen LogP contribution in [0.4, 0.5) is 0 Å². The third-order valence-corrected chi connectivity index (χ3v) is 2.72. The van der Waals surface area contributed by atoms with Gasteiger partial charge in [0.1, 0.15) is 0 Å². The highest BCUT2D eigenvalue weighted by atomic mass is 16.2. The third kappa shape index (κ3) is 11.6. The van der Waals surface area contributed by atoms with Gasteiger partial charge >= 0.3 is 0 Å². The van der Waals surface area contributed by atoms with Crippen LogP contribution >= 0.6 is 0 Å². The lowest BCUT2D eigenvalue weighted by Crippen LogP contribution is -2.43. The summed E-state index contributed by atoms with van der Waals surface area (Å²) < 4.78 is 0. The molecule has 0 aliphatic heterocycles. The van der Waals surface area contributed by atoms with Crippen LogP contribution in [-0.4, -0.2) is 64.9 Å². The van der Waals surface area contributed by atoms with E-state index < -0.39 is 6.04 Å². The SMILES string of the molecule is CNC(=O)CC(NC)C(=O)NC.CNC(=O)CCC(=O)NC. The average molecular weight is 317 g/mol. The molecule has 0 rings (SSSR count). The van der Waals surface area contributed by atoms with E-state index in [9.17, 15) is 19.2 Å². The summed E-state index contributed by atoms with van der Waals surface area (Å²) in [5, 5.41) is 12.5. The number of amides is 4. The normalized spacial score (nSPS) is 10.4. The summed E-state index contributed by atoms with van der Waals surface area (Å²) in [6, 6.07) is -0.449. The van der Waals surface area contributed by atoms with Crippen LogP contribution in [0.2, 0.25) is 0 Å². The zero-order valence-corrected chi connectivity index (χ0v) is 13.8. The molecule has 0 aromatic rings. The quantitative estimate of drug-likeness (QED) is 0.361. The first-order valence-electron chi connectivity index (χ1n) is 6.86. The Labute approximate surface area is 131 Å². The van der Waals surface area contributed by atoms with Crippen molar-refractivity contribution in [3.63, 3.8) is 0 Å². The number of carbonyl (C=O) groups is 4. The lowest BCUT2D eigenvalue weighted by molar-refractivity contribution is -0.127. The van der Waals surface area contributed by atoms with Crippen molar-refractivity contribution in [1.29, 1.82) is 0 Å². The molecule has 9 nitrogen and oxygen atoms in total. The minimum Gasteiger partial charge on any atom is -0.359 e. The number of carbonyl (C=O) groups excluding carboxylic acids is 4. The molecule has 4 amide bonds. The van der Waals surface area contributed by atoms with Gasteiger partial charge in [0.25, 0.3) is 0 Å². The van der Waals surface area contributed by atoms with Crippen molar-refractivity contribution >= 4 is 23.6 Å². The Morgan fingerprint density at radius 2 is 1.09 bits per heavy atom. The standard InChI is InChI=1S/C7H15N3O2.C6H12N2O2/c1-8-5(7(12)10-3)4-6(11)9-2;1-7-5(9)3-4-6(10)8-2/h5,8H,4H2,1-3H3,(H,9,11)(H,10,12);3-4H2,1-2H3,(H,7,9)(H,8,10). The van der Waals surface area contributed by atoms with E-state index in [0.29, 0.717) is 0 Å². The lowest BCUT2D eigenvalue weighted by Gasteiger charge is -2.12. The first-order valence-corrected chi connectivity index (χ1v) is 6.86. The first-order chi connectivity index (χ1) is 10.4. The summed E-state index contributed by atoms with van der Waals surface area (Å²) in [4.78, 5) is 43.0. The maximum atomic E-state index is 11.0. The molecule has 0 heterocycles. The van der Waals surface area contributed by atoms with Gasteiger partial charge in [-0.3, -0.25) is 19.2 Å². The zero-order valence-electron chi connectivity index (χ0n) is 13.8. The van der Waals surface area contributed by atoms with Gasteiger partial charge < -0.3 is 26.6 Å². The van der Waals surface area contributed by atoms with Gasteiger partial charge in [-0.15, -0.1) is 0 Å². The molecule has 0 aliphatic carbocycles. The molecule has 0 aromatic heterocycles. The van der Waals surface area contributed by atoms with Gasteiger partial charge in [-0.2, -0.15) is 0 Å². The number of likely N-dealkylation sites (N-methyl/N-ethyl adjacent to an activating group) is 2. The molecule has 0 aliphatic rings. The highest BCUT2D eigenvalue weighted by Gasteiger charge is 2.17. The molecule has 0 aromatic carbocycles. The van der Waals surface area contributed by atoms with Crippen molar-refractivity contribution in [2.75, 3.05) is 35.2 Å². The molecule has 0 bridgehead atoms. The summed E-state index contributed by atoms with van der Waals surface area (Å²) in [7, 11) is 7.82. The molecule has 128 valence electrons. The number of nitrogens with one attached hydrogen (secondary N) is 5. The average Bonchev–Trinajstić information content (AvgIpc) is 2.56. The molecule has 0 saturated carbocycles. The van der Waals surface area contributed by atoms with Crippen molar-refractivity contribution in [3.05, 3.63) is 0 Å². The molecule has 1 unspecified atom stereocenters. The van der Waals surface area contributed by atoms with E-state index in [-0.39, 0.29) is 42.9 Å². The van der Waals surface area contributed by atoms with Crippen molar-refractivity contribution in [3.8, 4) is 0 Å². The molecule has 0 saturated heterocycles. The van der Waals surface area contributed by atoms with E-state index in [2.05, 4.69) is 26.6 Å². The second-order valence-corrected chi connectivity index (χ2v) is 4.18. The van der Waals surface area contributed by atoms with Crippen LogP contribution in [-0.2, 0) is 19.2 Å². The van der Waals surface area contributed by atoms with E-state index in [1.54, 1.807) is 28.2 Å². The number of hydrogen-bond donors (Lipinski definition) is 5. The highest BCUT2D eigenvalue weighted by Crippen LogP contribution is 1.90. The fraction of sp³-hybridized carbons (Fsp3) is 0.692. The van der Waals surface area contributed by atoms with Crippen molar-refractivity contribution in [2.45, 2.75) is 25.3 Å². The third-order valence-electron chi connectivity index (χ3n) is 2.72. The molecule has 9 heteroatoms. The molecular weight excluding hydrogens is 290 g/mol. The van der Waals surface area contributed by atoms with Gasteiger partial charge in [-0.25, -0.2) is 0 Å². The predicted octanol–water partition coefficient (Wildman–Crippen LogP) is -2.28. The Hall–Kier alpha value is -2.16. The molecule has 5 N–H and O–H groups in total. The van der Waals surface area contributed by atoms with E-state index in [1.807, 2.05) is 0 Å². The second-order valence-electron chi connectivity index (χ2n) is 4.18. The molecule has 0 spiro atoms. The van der Waals surface area contributed by atoms with Gasteiger partial charge in [0, 0.05) is 41.0 Å². The van der Waals surface area contributed by atoms with E-state index in [0.717, 1.165) is 0 Å². The molecule has 1 atom stereocenters. The second kappa shape index (κ2) is 13.8. The van der Waals surface area contributed by atoms with Gasteiger partial charge in [0.2, 0.25) is 23.6 Å². The number of hydrogen-bond acceptors (Lipinski definition) is 5. The van der Waals surface area contributed by atoms with Gasteiger partial charge in [-0.1, -0.05) is 0 Å². The monoisotopic (exact) mass is 317 g/mol. The first kappa shape index (κ1) is 22.1. The van der Waals surface area contributed by atoms with E-state index >= 15 is 0 Å². The molecule has 22 heavy (non-hydrogen) atoms.